The average Bonchev–Trinajstić information content (AvgIpc) is 2.97. The number of aromatic nitrogens is 3. The molecule has 0 saturated heterocycles. The summed E-state index contributed by atoms with van der Waals surface area (Å²) in [6, 6.07) is 0. The first kappa shape index (κ1) is 40.5. The molecule has 1 heterocycles. The second-order valence-electron chi connectivity index (χ2n) is 9.32. The van der Waals surface area contributed by atoms with E-state index in [1.807, 2.05) is 6.26 Å². The minimum Gasteiger partial charge on any atom is -0.459 e. The summed E-state index contributed by atoms with van der Waals surface area (Å²) < 4.78 is 121. The second kappa shape index (κ2) is 17.4. The third kappa shape index (κ3) is 10.2. The van der Waals surface area contributed by atoms with Gasteiger partial charge in [-0.05, 0) is 30.6 Å². The molecule has 0 atom stereocenters. The first-order valence-electron chi connectivity index (χ1n) is 13.3. The van der Waals surface area contributed by atoms with Gasteiger partial charge in [-0.2, -0.15) is 58.6 Å². The van der Waals surface area contributed by atoms with Crippen molar-refractivity contribution in [2.75, 3.05) is 43.3 Å². The van der Waals surface area contributed by atoms with Crippen LogP contribution in [0.2, 0.25) is 0 Å². The summed E-state index contributed by atoms with van der Waals surface area (Å²) in [7, 11) is 0. The predicted molar refractivity (Wildman–Crippen MR) is 148 cm³/mol. The van der Waals surface area contributed by atoms with E-state index in [4.69, 9.17) is 0 Å². The lowest BCUT2D eigenvalue weighted by Gasteiger charge is -2.36. The second-order valence-corrected chi connectivity index (χ2v) is 11.5. The molecule has 0 aliphatic carbocycles. The maximum absolute atomic E-state index is 13.9. The van der Waals surface area contributed by atoms with E-state index in [1.54, 1.807) is 0 Å². The van der Waals surface area contributed by atoms with Crippen LogP contribution in [0.3, 0.4) is 0 Å². The third-order valence-electron chi connectivity index (χ3n) is 5.99. The molecule has 0 unspecified atom stereocenters. The summed E-state index contributed by atoms with van der Waals surface area (Å²) in [5.41, 5.74) is -2.68. The molecule has 45 heavy (non-hydrogen) atoms. The molecule has 0 spiro atoms. The van der Waals surface area contributed by atoms with E-state index in [1.165, 1.54) is 11.8 Å². The summed E-state index contributed by atoms with van der Waals surface area (Å²) in [5, 5.41) is 9.19. The van der Waals surface area contributed by atoms with Gasteiger partial charge in [-0.15, -0.1) is 0 Å². The molecule has 1 aromatic heterocycles. The van der Waals surface area contributed by atoms with Gasteiger partial charge in [0.25, 0.3) is 0 Å². The highest BCUT2D eigenvalue weighted by Gasteiger charge is 2.81. The number of esters is 2. The Hall–Kier alpha value is -2.55. The molecule has 1 N–H and O–H groups in total. The van der Waals surface area contributed by atoms with Gasteiger partial charge in [0, 0.05) is 25.3 Å². The number of carbonyl (C=O) groups excluding carboxylic acids is 2. The first-order chi connectivity index (χ1) is 20.8. The Morgan fingerprint density at radius 2 is 1.13 bits per heavy atom. The zero-order chi connectivity index (χ0) is 34.6. The molecule has 0 aromatic carbocycles. The van der Waals surface area contributed by atoms with Gasteiger partial charge in [0.15, 0.2) is 13.2 Å². The number of rotatable bonds is 21. The molecule has 0 saturated carbocycles. The lowest BCUT2D eigenvalue weighted by molar-refractivity contribution is -0.374. The van der Waals surface area contributed by atoms with Gasteiger partial charge < -0.3 is 14.6 Å². The van der Waals surface area contributed by atoms with E-state index in [-0.39, 0.29) is 37.6 Å². The molecule has 0 bridgehead atoms. The topological polar surface area (TPSA) is 139 Å². The standard InChI is InChI=1S/C24H33F8N3O8S2/c1-3-16(37)42-14-21(25,26)23(29,30)24(31,32)22(27,28)15-43-17(38)6-13-45-12-5-8-34-18(39)33(7-4-11-44-2)19(40)35(9-10-36)20(34)41/h36H,3-15H2,1-2H3. The van der Waals surface area contributed by atoms with Crippen LogP contribution in [0.1, 0.15) is 32.6 Å². The van der Waals surface area contributed by atoms with Crippen LogP contribution in [-0.4, -0.2) is 97.8 Å². The Morgan fingerprint density at radius 1 is 0.711 bits per heavy atom. The SMILES string of the molecule is CCC(=O)OCC(F)(F)C(F)(F)C(F)(F)C(F)(F)COC(=O)CCSCCCn1c(=O)n(CCO)c(=O)n(CCCSC)c1=O. The summed E-state index contributed by atoms with van der Waals surface area (Å²) in [4.78, 5) is 60.5. The minimum absolute atomic E-state index is 0.0283. The van der Waals surface area contributed by atoms with Gasteiger partial charge in [-0.1, -0.05) is 6.92 Å². The number of aliphatic hydroxyl groups excluding tert-OH is 1. The summed E-state index contributed by atoms with van der Waals surface area (Å²) in [6.07, 6.45) is 1.13. The molecule has 260 valence electrons. The van der Waals surface area contributed by atoms with Crippen molar-refractivity contribution in [1.29, 1.82) is 0 Å². The zero-order valence-corrected chi connectivity index (χ0v) is 25.8. The number of carbonyl (C=O) groups is 2. The monoisotopic (exact) mass is 707 g/mol. The van der Waals surface area contributed by atoms with Gasteiger partial charge in [-0.3, -0.25) is 9.59 Å². The largest absolute Gasteiger partial charge is 0.459 e. The number of alkyl halides is 8. The Morgan fingerprint density at radius 3 is 1.56 bits per heavy atom. The predicted octanol–water partition coefficient (Wildman–Crippen LogP) is 2.47. The third-order valence-corrected chi connectivity index (χ3v) is 7.76. The van der Waals surface area contributed by atoms with E-state index in [0.29, 0.717) is 16.7 Å². The summed E-state index contributed by atoms with van der Waals surface area (Å²) >= 11 is 2.45. The van der Waals surface area contributed by atoms with Crippen molar-refractivity contribution in [2.24, 2.45) is 0 Å². The molecule has 0 amide bonds. The van der Waals surface area contributed by atoms with Crippen molar-refractivity contribution in [3.63, 3.8) is 0 Å². The van der Waals surface area contributed by atoms with Crippen molar-refractivity contribution in [3.8, 4) is 0 Å². The number of hydrogen-bond donors (Lipinski definition) is 1. The minimum atomic E-state index is -6.72. The van der Waals surface area contributed by atoms with Gasteiger partial charge >= 0.3 is 52.7 Å². The van der Waals surface area contributed by atoms with Gasteiger partial charge in [-0.25, -0.2) is 28.1 Å². The Balaban J connectivity index is 2.71. The fourth-order valence-electron chi connectivity index (χ4n) is 3.46. The number of aliphatic hydroxyl groups is 1. The maximum Gasteiger partial charge on any atom is 0.381 e. The van der Waals surface area contributed by atoms with Crippen molar-refractivity contribution < 1.29 is 59.3 Å². The van der Waals surface area contributed by atoms with Gasteiger partial charge in [0.2, 0.25) is 0 Å². The number of hydrogen-bond acceptors (Lipinski definition) is 10. The van der Waals surface area contributed by atoms with Crippen molar-refractivity contribution >= 4 is 35.5 Å². The van der Waals surface area contributed by atoms with Crippen LogP contribution in [0.4, 0.5) is 35.1 Å². The molecule has 21 heteroatoms. The Labute approximate surface area is 259 Å². The maximum atomic E-state index is 13.9. The van der Waals surface area contributed by atoms with E-state index >= 15 is 0 Å². The molecule has 1 rings (SSSR count). The fraction of sp³-hybridized carbons (Fsp3) is 0.792. The smallest absolute Gasteiger partial charge is 0.381 e. The first-order valence-corrected chi connectivity index (χ1v) is 15.8. The molecular weight excluding hydrogens is 674 g/mol. The van der Waals surface area contributed by atoms with Crippen molar-refractivity contribution in [3.05, 3.63) is 31.5 Å². The van der Waals surface area contributed by atoms with Crippen LogP contribution < -0.4 is 17.1 Å². The number of nitrogens with zero attached hydrogens (tertiary/aromatic N) is 3. The van der Waals surface area contributed by atoms with Gasteiger partial charge in [0.05, 0.1) is 19.6 Å². The summed E-state index contributed by atoms with van der Waals surface area (Å²) in [6.45, 7) is -5.21. The lowest BCUT2D eigenvalue weighted by Crippen LogP contribution is -2.64. The molecular formula is C24H33F8N3O8S2. The molecule has 11 nitrogen and oxygen atoms in total. The number of ether oxygens (including phenoxy) is 2. The fourth-order valence-corrected chi connectivity index (χ4v) is 4.73. The Kier molecular flexibility index (Phi) is 15.6. The lowest BCUT2D eigenvalue weighted by atomic mass is 9.99. The molecule has 0 aliphatic rings. The van der Waals surface area contributed by atoms with E-state index in [0.717, 1.165) is 27.8 Å². The highest BCUT2D eigenvalue weighted by Crippen LogP contribution is 2.52. The molecule has 0 radical (unpaired) electrons. The summed E-state index contributed by atoms with van der Waals surface area (Å²) in [5.74, 6) is -27.7. The average molecular weight is 708 g/mol. The van der Waals surface area contributed by atoms with Crippen LogP contribution in [0.15, 0.2) is 14.4 Å². The van der Waals surface area contributed by atoms with E-state index < -0.39 is 85.4 Å². The van der Waals surface area contributed by atoms with Crippen molar-refractivity contribution in [1.82, 2.24) is 13.7 Å². The normalized spacial score (nSPS) is 12.8. The van der Waals surface area contributed by atoms with Crippen LogP contribution >= 0.6 is 23.5 Å². The Bertz CT molecular complexity index is 1320. The van der Waals surface area contributed by atoms with Gasteiger partial charge in [0.1, 0.15) is 0 Å². The number of thioether (sulfide) groups is 2. The van der Waals surface area contributed by atoms with Crippen LogP contribution in [0.5, 0.6) is 0 Å². The van der Waals surface area contributed by atoms with Crippen LogP contribution in [0, 0.1) is 0 Å². The van der Waals surface area contributed by atoms with E-state index in [9.17, 15) is 64.2 Å². The quantitative estimate of drug-likeness (QED) is 0.115. The molecule has 0 aliphatic heterocycles. The van der Waals surface area contributed by atoms with Crippen LogP contribution in [0.25, 0.3) is 0 Å². The van der Waals surface area contributed by atoms with Crippen LogP contribution in [-0.2, 0) is 38.7 Å². The zero-order valence-electron chi connectivity index (χ0n) is 24.2. The molecule has 1 aromatic rings. The highest BCUT2D eigenvalue weighted by atomic mass is 32.2. The molecule has 0 fully saturated rings. The number of halogens is 8. The van der Waals surface area contributed by atoms with E-state index in [2.05, 4.69) is 9.47 Å². The van der Waals surface area contributed by atoms with Crippen molar-refractivity contribution in [2.45, 2.75) is 75.9 Å². The highest BCUT2D eigenvalue weighted by molar-refractivity contribution is 7.99.